The van der Waals surface area contributed by atoms with Crippen molar-refractivity contribution in [2.75, 3.05) is 18.0 Å². The molecule has 1 saturated heterocycles. The third-order valence-corrected chi connectivity index (χ3v) is 4.70. The van der Waals surface area contributed by atoms with Crippen LogP contribution in [0.4, 0.5) is 5.82 Å². The lowest BCUT2D eigenvalue weighted by Gasteiger charge is -2.50. The molecule has 1 aromatic rings. The van der Waals surface area contributed by atoms with E-state index < -0.39 is 5.60 Å². The Morgan fingerprint density at radius 2 is 2.05 bits per heavy atom. The molecule has 0 atom stereocenters. The predicted octanol–water partition coefficient (Wildman–Crippen LogP) is 2.04. The summed E-state index contributed by atoms with van der Waals surface area (Å²) >= 11 is 0. The van der Waals surface area contributed by atoms with E-state index in [1.165, 1.54) is 18.4 Å². The van der Waals surface area contributed by atoms with Crippen molar-refractivity contribution >= 4 is 5.82 Å². The molecule has 0 aromatic carbocycles. The van der Waals surface area contributed by atoms with Gasteiger partial charge in [-0.3, -0.25) is 0 Å². The van der Waals surface area contributed by atoms with Gasteiger partial charge in [-0.05, 0) is 43.2 Å². The summed E-state index contributed by atoms with van der Waals surface area (Å²) in [5.74, 6) is 0.986. The molecule has 1 aliphatic heterocycles. The summed E-state index contributed by atoms with van der Waals surface area (Å²) in [6, 6.07) is 4.27. The second-order valence-corrected chi connectivity index (χ2v) is 6.40. The minimum absolute atomic E-state index is 0.224. The van der Waals surface area contributed by atoms with Gasteiger partial charge in [-0.2, -0.15) is 5.26 Å². The molecule has 106 valence electrons. The molecule has 1 aliphatic carbocycles. The number of nitriles is 1. The van der Waals surface area contributed by atoms with E-state index in [4.69, 9.17) is 4.98 Å². The maximum Gasteiger partial charge on any atom is 0.147 e. The largest absolute Gasteiger partial charge is 0.386 e. The van der Waals surface area contributed by atoms with Crippen LogP contribution in [-0.2, 0) is 12.8 Å². The van der Waals surface area contributed by atoms with Crippen LogP contribution in [0.25, 0.3) is 0 Å². The van der Waals surface area contributed by atoms with Crippen LogP contribution in [0.1, 0.15) is 43.5 Å². The zero-order chi connectivity index (χ0) is 14.3. The van der Waals surface area contributed by atoms with Gasteiger partial charge in [-0.25, -0.2) is 4.98 Å². The molecule has 0 spiro atoms. The lowest BCUT2D eigenvalue weighted by atomic mass is 9.82. The van der Waals surface area contributed by atoms with E-state index in [1.54, 1.807) is 0 Å². The molecular formula is C16H21N3O. The molecule has 2 heterocycles. The first-order chi connectivity index (χ1) is 9.53. The number of hydrogen-bond donors (Lipinski definition) is 1. The molecule has 3 rings (SSSR count). The van der Waals surface area contributed by atoms with Crippen LogP contribution in [0, 0.1) is 17.2 Å². The second-order valence-electron chi connectivity index (χ2n) is 6.40. The number of hydrogen-bond acceptors (Lipinski definition) is 4. The number of aromatic nitrogens is 1. The van der Waals surface area contributed by atoms with Gasteiger partial charge in [-0.15, -0.1) is 0 Å². The summed E-state index contributed by atoms with van der Waals surface area (Å²) in [5.41, 5.74) is 2.39. The number of β-amino-alcohol motifs (C(OH)–C–C–N with tert-alkyl or cyclic N) is 1. The first kappa shape index (κ1) is 13.4. The van der Waals surface area contributed by atoms with E-state index in [0.717, 1.165) is 24.4 Å². The predicted molar refractivity (Wildman–Crippen MR) is 77.6 cm³/mol. The third-order valence-electron chi connectivity index (χ3n) is 4.70. The summed E-state index contributed by atoms with van der Waals surface area (Å²) in [5, 5.41) is 19.7. The Hall–Kier alpha value is -1.60. The van der Waals surface area contributed by atoms with Crippen LogP contribution < -0.4 is 4.90 Å². The van der Waals surface area contributed by atoms with Crippen molar-refractivity contribution in [1.82, 2.24) is 4.98 Å². The minimum Gasteiger partial charge on any atom is -0.386 e. The lowest BCUT2D eigenvalue weighted by molar-refractivity contribution is -0.0304. The number of pyridine rings is 1. The molecule has 2 aliphatic rings. The van der Waals surface area contributed by atoms with Gasteiger partial charge in [0.05, 0.1) is 18.7 Å². The fourth-order valence-electron chi connectivity index (χ4n) is 3.08. The van der Waals surface area contributed by atoms with Crippen molar-refractivity contribution in [3.05, 3.63) is 22.9 Å². The number of anilines is 1. The highest BCUT2D eigenvalue weighted by Gasteiger charge is 2.45. The number of rotatable bonds is 2. The van der Waals surface area contributed by atoms with E-state index >= 15 is 0 Å². The monoisotopic (exact) mass is 271 g/mol. The molecule has 4 heteroatoms. The summed E-state index contributed by atoms with van der Waals surface area (Å²) in [7, 11) is 0. The van der Waals surface area contributed by atoms with Crippen molar-refractivity contribution in [3.63, 3.8) is 0 Å². The van der Waals surface area contributed by atoms with Crippen molar-refractivity contribution in [3.8, 4) is 6.07 Å². The highest BCUT2D eigenvalue weighted by molar-refractivity contribution is 5.58. The number of aryl methyl sites for hydroxylation is 2. The Morgan fingerprint density at radius 3 is 2.70 bits per heavy atom. The topological polar surface area (TPSA) is 60.1 Å². The summed E-state index contributed by atoms with van der Waals surface area (Å²) in [6.07, 6.45) is 4.42. The molecule has 0 radical (unpaired) electrons. The van der Waals surface area contributed by atoms with Crippen molar-refractivity contribution in [1.29, 1.82) is 5.26 Å². The van der Waals surface area contributed by atoms with Gasteiger partial charge < -0.3 is 10.0 Å². The van der Waals surface area contributed by atoms with Crippen LogP contribution in [0.3, 0.4) is 0 Å². The van der Waals surface area contributed by atoms with Crippen LogP contribution in [0.5, 0.6) is 0 Å². The zero-order valence-electron chi connectivity index (χ0n) is 12.2. The molecule has 0 amide bonds. The smallest absolute Gasteiger partial charge is 0.147 e. The van der Waals surface area contributed by atoms with E-state index in [2.05, 4.69) is 6.07 Å². The van der Waals surface area contributed by atoms with Crippen LogP contribution in [0.15, 0.2) is 6.07 Å². The normalized spacial score (nSPS) is 20.2. The lowest BCUT2D eigenvalue weighted by Crippen LogP contribution is -2.65. The minimum atomic E-state index is -0.635. The number of nitrogens with zero attached hydrogens (tertiary/aromatic N) is 3. The van der Waals surface area contributed by atoms with E-state index in [0.29, 0.717) is 18.7 Å². The maximum absolute atomic E-state index is 10.4. The quantitative estimate of drug-likeness (QED) is 0.894. The average Bonchev–Trinajstić information content (AvgIpc) is 2.42. The first-order valence-corrected chi connectivity index (χ1v) is 7.44. The highest BCUT2D eigenvalue weighted by Crippen LogP contribution is 2.35. The molecule has 0 saturated carbocycles. The van der Waals surface area contributed by atoms with Gasteiger partial charge in [0, 0.05) is 5.69 Å². The molecule has 4 nitrogen and oxygen atoms in total. The van der Waals surface area contributed by atoms with Crippen LogP contribution in [-0.4, -0.2) is 28.8 Å². The summed E-state index contributed by atoms with van der Waals surface area (Å²) in [6.45, 7) is 5.21. The van der Waals surface area contributed by atoms with Gasteiger partial charge in [0.1, 0.15) is 17.5 Å². The Bertz CT molecular complexity index is 568. The Balaban J connectivity index is 1.89. The Kier molecular flexibility index (Phi) is 3.18. The molecule has 1 aromatic heterocycles. The van der Waals surface area contributed by atoms with Crippen molar-refractivity contribution in [2.24, 2.45) is 5.92 Å². The van der Waals surface area contributed by atoms with Crippen LogP contribution in [0.2, 0.25) is 0 Å². The Labute approximate surface area is 120 Å². The zero-order valence-corrected chi connectivity index (χ0v) is 12.2. The molecular weight excluding hydrogens is 250 g/mol. The SMILES string of the molecule is CC(C)C1(O)CN(c2nc3c(cc2C#N)CCCC3)C1. The fourth-order valence-corrected chi connectivity index (χ4v) is 3.08. The molecule has 0 bridgehead atoms. The standard InChI is InChI=1S/C16H21N3O/c1-11(2)16(20)9-19(10-16)15-13(8-17)7-12-5-3-4-6-14(12)18-15/h7,11,20H,3-6,9-10H2,1-2H3. The average molecular weight is 271 g/mol. The van der Waals surface area contributed by atoms with Crippen molar-refractivity contribution in [2.45, 2.75) is 45.1 Å². The van der Waals surface area contributed by atoms with E-state index in [1.807, 2.05) is 24.8 Å². The second kappa shape index (κ2) is 4.75. The van der Waals surface area contributed by atoms with Crippen LogP contribution >= 0.6 is 0 Å². The van der Waals surface area contributed by atoms with Gasteiger partial charge in [-0.1, -0.05) is 13.8 Å². The Morgan fingerprint density at radius 1 is 1.35 bits per heavy atom. The van der Waals surface area contributed by atoms with Gasteiger partial charge in [0.25, 0.3) is 0 Å². The maximum atomic E-state index is 10.4. The third kappa shape index (κ3) is 2.06. The van der Waals surface area contributed by atoms with Gasteiger partial charge in [0.2, 0.25) is 0 Å². The van der Waals surface area contributed by atoms with Gasteiger partial charge >= 0.3 is 0 Å². The summed E-state index contributed by atoms with van der Waals surface area (Å²) in [4.78, 5) is 6.76. The molecule has 1 fully saturated rings. The molecule has 1 N–H and O–H groups in total. The molecule has 20 heavy (non-hydrogen) atoms. The number of aliphatic hydroxyl groups is 1. The highest BCUT2D eigenvalue weighted by atomic mass is 16.3. The first-order valence-electron chi connectivity index (χ1n) is 7.44. The van der Waals surface area contributed by atoms with E-state index in [-0.39, 0.29) is 5.92 Å². The van der Waals surface area contributed by atoms with Crippen molar-refractivity contribution < 1.29 is 5.11 Å². The van der Waals surface area contributed by atoms with Gasteiger partial charge in [0.15, 0.2) is 0 Å². The molecule has 0 unspecified atom stereocenters. The fraction of sp³-hybridized carbons (Fsp3) is 0.625. The number of fused-ring (bicyclic) bond motifs is 1. The summed E-state index contributed by atoms with van der Waals surface area (Å²) < 4.78 is 0. The van der Waals surface area contributed by atoms with E-state index in [9.17, 15) is 10.4 Å².